The average Bonchev–Trinajstić information content (AvgIpc) is 2.15. The molecule has 0 spiro atoms. The van der Waals surface area contributed by atoms with E-state index in [-0.39, 0.29) is 19.0 Å². The highest BCUT2D eigenvalue weighted by Crippen LogP contribution is 2.19. The first-order valence-electron chi connectivity index (χ1n) is 4.74. The van der Waals surface area contributed by atoms with Crippen LogP contribution in [0.2, 0.25) is 0 Å². The lowest BCUT2D eigenvalue weighted by Gasteiger charge is -2.23. The lowest BCUT2D eigenvalue weighted by atomic mass is 10.4. The van der Waals surface area contributed by atoms with E-state index in [9.17, 15) is 13.2 Å². The summed E-state index contributed by atoms with van der Waals surface area (Å²) in [6, 6.07) is 1.62. The van der Waals surface area contributed by atoms with Crippen molar-refractivity contribution < 1.29 is 13.2 Å². The van der Waals surface area contributed by atoms with Crippen LogP contribution in [0, 0.1) is 6.92 Å². The molecule has 0 saturated carbocycles. The molecule has 0 unspecified atom stereocenters. The largest absolute Gasteiger partial charge is 0.406 e. The lowest BCUT2D eigenvalue weighted by Crippen LogP contribution is -2.38. The van der Waals surface area contributed by atoms with E-state index in [4.69, 9.17) is 5.73 Å². The number of hydrogen-bond donors (Lipinski definition) is 1. The van der Waals surface area contributed by atoms with Crippen LogP contribution in [0.3, 0.4) is 0 Å². The van der Waals surface area contributed by atoms with Crippen molar-refractivity contribution in [2.75, 3.05) is 24.5 Å². The fourth-order valence-corrected chi connectivity index (χ4v) is 1.21. The quantitative estimate of drug-likeness (QED) is 0.848. The Bertz CT molecular complexity index is 340. The number of hydrogen-bond acceptors (Lipinski definition) is 4. The van der Waals surface area contributed by atoms with Crippen molar-refractivity contribution in [1.29, 1.82) is 0 Å². The van der Waals surface area contributed by atoms with Gasteiger partial charge in [0.1, 0.15) is 6.54 Å². The van der Waals surface area contributed by atoms with Crippen molar-refractivity contribution in [2.45, 2.75) is 13.1 Å². The summed E-state index contributed by atoms with van der Waals surface area (Å²) in [5.41, 5.74) is 5.88. The highest BCUT2D eigenvalue weighted by molar-refractivity contribution is 5.30. The first-order chi connectivity index (χ1) is 7.42. The van der Waals surface area contributed by atoms with E-state index >= 15 is 0 Å². The monoisotopic (exact) mass is 234 g/mol. The third-order valence-electron chi connectivity index (χ3n) is 1.83. The van der Waals surface area contributed by atoms with E-state index in [0.717, 1.165) is 4.90 Å². The molecule has 7 heteroatoms. The van der Waals surface area contributed by atoms with Crippen molar-refractivity contribution >= 4 is 5.95 Å². The molecule has 0 aliphatic carbocycles. The Morgan fingerprint density at radius 1 is 1.44 bits per heavy atom. The number of halogens is 3. The second-order valence-electron chi connectivity index (χ2n) is 3.32. The summed E-state index contributed by atoms with van der Waals surface area (Å²) >= 11 is 0. The minimum Gasteiger partial charge on any atom is -0.330 e. The van der Waals surface area contributed by atoms with Crippen LogP contribution in [-0.4, -0.2) is 35.8 Å². The first kappa shape index (κ1) is 12.7. The summed E-state index contributed by atoms with van der Waals surface area (Å²) < 4.78 is 36.8. The fourth-order valence-electron chi connectivity index (χ4n) is 1.21. The Morgan fingerprint density at radius 2 is 2.12 bits per heavy atom. The van der Waals surface area contributed by atoms with Gasteiger partial charge in [-0.2, -0.15) is 13.2 Å². The Kier molecular flexibility index (Phi) is 4.05. The van der Waals surface area contributed by atoms with Gasteiger partial charge >= 0.3 is 6.18 Å². The molecule has 2 N–H and O–H groups in total. The van der Waals surface area contributed by atoms with Crippen LogP contribution < -0.4 is 10.6 Å². The molecule has 0 aromatic carbocycles. The standard InChI is InChI=1S/C9H13F3N4/c1-7-2-4-14-8(15-7)16(5-3-13)6-9(10,11)12/h2,4H,3,5-6,13H2,1H3. The van der Waals surface area contributed by atoms with Crippen LogP contribution in [0.1, 0.15) is 5.69 Å². The molecule has 0 radical (unpaired) electrons. The summed E-state index contributed by atoms with van der Waals surface area (Å²) in [6.07, 6.45) is -2.86. The maximum atomic E-state index is 12.3. The summed E-state index contributed by atoms with van der Waals surface area (Å²) in [6.45, 7) is 0.795. The normalized spacial score (nSPS) is 11.6. The van der Waals surface area contributed by atoms with Gasteiger partial charge in [0.05, 0.1) is 0 Å². The zero-order valence-corrected chi connectivity index (χ0v) is 8.83. The van der Waals surface area contributed by atoms with Crippen LogP contribution >= 0.6 is 0 Å². The molecular formula is C9H13F3N4. The van der Waals surface area contributed by atoms with Crippen LogP contribution in [0.25, 0.3) is 0 Å². The minimum absolute atomic E-state index is 0.0581. The number of aromatic nitrogens is 2. The molecule has 0 bridgehead atoms. The van der Waals surface area contributed by atoms with Gasteiger partial charge in [-0.05, 0) is 13.0 Å². The smallest absolute Gasteiger partial charge is 0.330 e. The van der Waals surface area contributed by atoms with Crippen LogP contribution in [0.15, 0.2) is 12.3 Å². The molecule has 0 fully saturated rings. The van der Waals surface area contributed by atoms with Crippen LogP contribution in [0.5, 0.6) is 0 Å². The predicted molar refractivity (Wildman–Crippen MR) is 54.1 cm³/mol. The molecule has 0 saturated heterocycles. The van der Waals surface area contributed by atoms with E-state index < -0.39 is 12.7 Å². The van der Waals surface area contributed by atoms with Crippen molar-refractivity contribution in [3.63, 3.8) is 0 Å². The summed E-state index contributed by atoms with van der Waals surface area (Å²) in [4.78, 5) is 8.76. The van der Waals surface area contributed by atoms with Crippen LogP contribution in [-0.2, 0) is 0 Å². The van der Waals surface area contributed by atoms with E-state index in [0.29, 0.717) is 5.69 Å². The van der Waals surface area contributed by atoms with Gasteiger partial charge in [0.2, 0.25) is 5.95 Å². The Labute approximate surface area is 91.3 Å². The van der Waals surface area contributed by atoms with Gasteiger partial charge in [0.25, 0.3) is 0 Å². The van der Waals surface area contributed by atoms with E-state index in [1.807, 2.05) is 0 Å². The molecular weight excluding hydrogens is 221 g/mol. The number of nitrogens with two attached hydrogens (primary N) is 1. The zero-order chi connectivity index (χ0) is 12.2. The number of aryl methyl sites for hydroxylation is 1. The zero-order valence-electron chi connectivity index (χ0n) is 8.83. The summed E-state index contributed by atoms with van der Waals surface area (Å²) in [7, 11) is 0. The highest BCUT2D eigenvalue weighted by atomic mass is 19.4. The highest BCUT2D eigenvalue weighted by Gasteiger charge is 2.31. The Hall–Kier alpha value is -1.37. The van der Waals surface area contributed by atoms with Gasteiger partial charge in [0.15, 0.2) is 0 Å². The minimum atomic E-state index is -4.29. The molecule has 4 nitrogen and oxygen atoms in total. The first-order valence-corrected chi connectivity index (χ1v) is 4.74. The number of alkyl halides is 3. The van der Waals surface area contributed by atoms with Gasteiger partial charge in [-0.25, -0.2) is 9.97 Å². The van der Waals surface area contributed by atoms with Crippen molar-refractivity contribution in [3.8, 4) is 0 Å². The number of nitrogens with zero attached hydrogens (tertiary/aromatic N) is 3. The molecule has 0 aliphatic rings. The molecule has 0 amide bonds. The van der Waals surface area contributed by atoms with Gasteiger partial charge in [-0.3, -0.25) is 0 Å². The molecule has 1 rings (SSSR count). The van der Waals surface area contributed by atoms with Crippen molar-refractivity contribution in [2.24, 2.45) is 5.73 Å². The molecule has 0 aliphatic heterocycles. The fraction of sp³-hybridized carbons (Fsp3) is 0.556. The molecule has 1 aromatic heterocycles. The summed E-state index contributed by atoms with van der Waals surface area (Å²) in [5, 5.41) is 0. The van der Waals surface area contributed by atoms with Gasteiger partial charge < -0.3 is 10.6 Å². The van der Waals surface area contributed by atoms with E-state index in [1.54, 1.807) is 13.0 Å². The maximum absolute atomic E-state index is 12.3. The molecule has 1 aromatic rings. The lowest BCUT2D eigenvalue weighted by molar-refractivity contribution is -0.119. The molecule has 90 valence electrons. The second kappa shape index (κ2) is 5.11. The van der Waals surface area contributed by atoms with Crippen molar-refractivity contribution in [1.82, 2.24) is 9.97 Å². The van der Waals surface area contributed by atoms with Gasteiger partial charge in [0, 0.05) is 25.0 Å². The second-order valence-corrected chi connectivity index (χ2v) is 3.32. The van der Waals surface area contributed by atoms with Gasteiger partial charge in [-0.15, -0.1) is 0 Å². The van der Waals surface area contributed by atoms with Crippen LogP contribution in [0.4, 0.5) is 19.1 Å². The molecule has 16 heavy (non-hydrogen) atoms. The average molecular weight is 234 g/mol. The Morgan fingerprint density at radius 3 is 2.62 bits per heavy atom. The molecule has 0 atom stereocenters. The molecule has 1 heterocycles. The van der Waals surface area contributed by atoms with E-state index in [2.05, 4.69) is 9.97 Å². The van der Waals surface area contributed by atoms with E-state index in [1.165, 1.54) is 6.20 Å². The topological polar surface area (TPSA) is 55.0 Å². The third-order valence-corrected chi connectivity index (χ3v) is 1.83. The van der Waals surface area contributed by atoms with Crippen molar-refractivity contribution in [3.05, 3.63) is 18.0 Å². The maximum Gasteiger partial charge on any atom is 0.406 e. The SMILES string of the molecule is Cc1ccnc(N(CCN)CC(F)(F)F)n1. The predicted octanol–water partition coefficient (Wildman–Crippen LogP) is 1.11. The number of rotatable bonds is 4. The summed E-state index contributed by atoms with van der Waals surface area (Å²) in [5.74, 6) is 0.0581. The van der Waals surface area contributed by atoms with Gasteiger partial charge in [-0.1, -0.05) is 0 Å². The number of anilines is 1. The third kappa shape index (κ3) is 4.01. The Balaban J connectivity index is 2.85.